The van der Waals surface area contributed by atoms with Gasteiger partial charge in [-0.3, -0.25) is 4.98 Å². The van der Waals surface area contributed by atoms with E-state index < -0.39 is 0 Å². The first-order valence-electron chi connectivity index (χ1n) is 6.71. The molecule has 1 aromatic carbocycles. The average Bonchev–Trinajstić information content (AvgIpc) is 2.46. The van der Waals surface area contributed by atoms with Gasteiger partial charge in [-0.05, 0) is 64.5 Å². The third kappa shape index (κ3) is 3.55. The largest absolute Gasteiger partial charge is 0.310 e. The van der Waals surface area contributed by atoms with Crippen LogP contribution < -0.4 is 5.32 Å². The summed E-state index contributed by atoms with van der Waals surface area (Å²) >= 11 is 2.20. The summed E-state index contributed by atoms with van der Waals surface area (Å²) < 4.78 is 14.2. The summed E-state index contributed by atoms with van der Waals surface area (Å²) in [6.45, 7) is 5.14. The third-order valence-electron chi connectivity index (χ3n) is 3.45. The van der Waals surface area contributed by atoms with Crippen molar-refractivity contribution in [1.82, 2.24) is 10.3 Å². The van der Waals surface area contributed by atoms with Crippen molar-refractivity contribution in [3.05, 3.63) is 63.2 Å². The molecule has 2 unspecified atom stereocenters. The Balaban J connectivity index is 2.35. The lowest BCUT2D eigenvalue weighted by molar-refractivity contribution is 0.476. The van der Waals surface area contributed by atoms with E-state index in [-0.39, 0.29) is 17.8 Å². The van der Waals surface area contributed by atoms with Crippen LogP contribution in [0.15, 0.2) is 42.7 Å². The number of hydrogen-bond acceptors (Lipinski definition) is 2. The van der Waals surface area contributed by atoms with Crippen LogP contribution in [0.5, 0.6) is 0 Å². The molecule has 20 heavy (non-hydrogen) atoms. The lowest BCUT2D eigenvalue weighted by Gasteiger charge is -2.26. The molecule has 1 heterocycles. The highest BCUT2D eigenvalue weighted by Gasteiger charge is 2.22. The number of rotatable bonds is 5. The summed E-state index contributed by atoms with van der Waals surface area (Å²) in [6, 6.07) is 9.22. The van der Waals surface area contributed by atoms with Gasteiger partial charge in [-0.2, -0.15) is 0 Å². The van der Waals surface area contributed by atoms with Crippen LogP contribution >= 0.6 is 22.6 Å². The van der Waals surface area contributed by atoms with E-state index in [1.54, 1.807) is 6.07 Å². The fourth-order valence-corrected chi connectivity index (χ4v) is 3.20. The zero-order valence-electron chi connectivity index (χ0n) is 11.6. The van der Waals surface area contributed by atoms with Gasteiger partial charge in [0.25, 0.3) is 0 Å². The quantitative estimate of drug-likeness (QED) is 0.779. The number of hydrogen-bond donors (Lipinski definition) is 1. The van der Waals surface area contributed by atoms with Gasteiger partial charge in [0, 0.05) is 27.9 Å². The molecule has 0 amide bonds. The second kappa shape index (κ2) is 7.13. The van der Waals surface area contributed by atoms with Gasteiger partial charge < -0.3 is 5.32 Å². The van der Waals surface area contributed by atoms with Crippen molar-refractivity contribution in [3.8, 4) is 0 Å². The Bertz CT molecular complexity index is 560. The molecular weight excluding hydrogens is 366 g/mol. The van der Waals surface area contributed by atoms with Crippen molar-refractivity contribution in [1.29, 1.82) is 0 Å². The van der Waals surface area contributed by atoms with E-state index in [0.717, 1.165) is 15.7 Å². The molecule has 0 aliphatic carbocycles. The second-order valence-electron chi connectivity index (χ2n) is 4.77. The fourth-order valence-electron chi connectivity index (χ4n) is 2.39. The Morgan fingerprint density at radius 3 is 2.55 bits per heavy atom. The molecule has 0 aliphatic heterocycles. The molecule has 106 valence electrons. The van der Waals surface area contributed by atoms with E-state index in [9.17, 15) is 4.39 Å². The topological polar surface area (TPSA) is 24.9 Å². The normalized spacial score (nSPS) is 14.0. The van der Waals surface area contributed by atoms with E-state index in [1.165, 1.54) is 11.6 Å². The highest BCUT2D eigenvalue weighted by molar-refractivity contribution is 14.1. The smallest absolute Gasteiger partial charge is 0.124 e. The van der Waals surface area contributed by atoms with Crippen LogP contribution in [0.2, 0.25) is 0 Å². The Hall–Kier alpha value is -1.01. The van der Waals surface area contributed by atoms with Gasteiger partial charge in [0.15, 0.2) is 0 Å². The first-order chi connectivity index (χ1) is 9.63. The minimum atomic E-state index is -0.190. The SMILES string of the molecule is CCNC(c1ccc(F)cc1I)C(C)c1ccncc1. The highest BCUT2D eigenvalue weighted by Crippen LogP contribution is 2.33. The van der Waals surface area contributed by atoms with Crippen LogP contribution in [-0.4, -0.2) is 11.5 Å². The minimum absolute atomic E-state index is 0.162. The number of aromatic nitrogens is 1. The van der Waals surface area contributed by atoms with Gasteiger partial charge in [-0.25, -0.2) is 4.39 Å². The van der Waals surface area contributed by atoms with Crippen molar-refractivity contribution in [3.63, 3.8) is 0 Å². The Labute approximate surface area is 133 Å². The van der Waals surface area contributed by atoms with Gasteiger partial charge in [-0.1, -0.05) is 19.9 Å². The summed E-state index contributed by atoms with van der Waals surface area (Å²) in [7, 11) is 0. The Morgan fingerprint density at radius 1 is 1.25 bits per heavy atom. The number of nitrogens with one attached hydrogen (secondary N) is 1. The van der Waals surface area contributed by atoms with E-state index in [1.807, 2.05) is 30.6 Å². The van der Waals surface area contributed by atoms with E-state index in [2.05, 4.69) is 46.7 Å². The number of halogens is 2. The zero-order valence-corrected chi connectivity index (χ0v) is 13.8. The second-order valence-corrected chi connectivity index (χ2v) is 5.93. The molecule has 2 aromatic rings. The van der Waals surface area contributed by atoms with Crippen LogP contribution in [0.1, 0.15) is 36.9 Å². The third-order valence-corrected chi connectivity index (χ3v) is 4.39. The molecule has 0 fully saturated rings. The molecular formula is C16H18FIN2. The number of benzene rings is 1. The molecule has 2 rings (SSSR count). The van der Waals surface area contributed by atoms with Crippen molar-refractivity contribution >= 4 is 22.6 Å². The summed E-state index contributed by atoms with van der Waals surface area (Å²) in [5, 5.41) is 3.51. The van der Waals surface area contributed by atoms with Gasteiger partial charge in [0.2, 0.25) is 0 Å². The molecule has 1 N–H and O–H groups in total. The molecule has 0 saturated heterocycles. The van der Waals surface area contributed by atoms with Crippen molar-refractivity contribution in [2.24, 2.45) is 0 Å². The molecule has 2 atom stereocenters. The standard InChI is InChI=1S/C16H18FIN2/c1-3-20-16(11(2)12-6-8-19-9-7-12)14-5-4-13(17)10-15(14)18/h4-11,16,20H,3H2,1-2H3. The summed E-state index contributed by atoms with van der Waals surface area (Å²) in [6.07, 6.45) is 3.62. The lowest BCUT2D eigenvalue weighted by atomic mass is 9.89. The molecule has 0 bridgehead atoms. The summed E-state index contributed by atoms with van der Waals surface area (Å²) in [5.41, 5.74) is 2.37. The van der Waals surface area contributed by atoms with Crippen LogP contribution in [-0.2, 0) is 0 Å². The highest BCUT2D eigenvalue weighted by atomic mass is 127. The molecule has 4 heteroatoms. The maximum absolute atomic E-state index is 13.3. The van der Waals surface area contributed by atoms with Crippen LogP contribution in [0, 0.1) is 9.39 Å². The molecule has 0 aliphatic rings. The maximum Gasteiger partial charge on any atom is 0.124 e. The van der Waals surface area contributed by atoms with Crippen LogP contribution in [0.3, 0.4) is 0 Å². The van der Waals surface area contributed by atoms with Crippen LogP contribution in [0.25, 0.3) is 0 Å². The van der Waals surface area contributed by atoms with Gasteiger partial charge >= 0.3 is 0 Å². The van der Waals surface area contributed by atoms with E-state index >= 15 is 0 Å². The first kappa shape index (κ1) is 15.4. The van der Waals surface area contributed by atoms with E-state index in [0.29, 0.717) is 0 Å². The van der Waals surface area contributed by atoms with Crippen molar-refractivity contribution < 1.29 is 4.39 Å². The minimum Gasteiger partial charge on any atom is -0.310 e. The molecule has 1 aromatic heterocycles. The summed E-state index contributed by atoms with van der Waals surface area (Å²) in [4.78, 5) is 4.06. The van der Waals surface area contributed by atoms with Gasteiger partial charge in [0.1, 0.15) is 5.82 Å². The first-order valence-corrected chi connectivity index (χ1v) is 7.79. The number of pyridine rings is 1. The predicted octanol–water partition coefficient (Wildman–Crippen LogP) is 4.28. The predicted molar refractivity (Wildman–Crippen MR) is 88.2 cm³/mol. The molecule has 0 spiro atoms. The van der Waals surface area contributed by atoms with E-state index in [4.69, 9.17) is 0 Å². The Morgan fingerprint density at radius 2 is 1.95 bits per heavy atom. The number of likely N-dealkylation sites (N-methyl/N-ethyl adjacent to an activating group) is 1. The maximum atomic E-state index is 13.3. The van der Waals surface area contributed by atoms with Crippen molar-refractivity contribution in [2.75, 3.05) is 6.54 Å². The van der Waals surface area contributed by atoms with Crippen molar-refractivity contribution in [2.45, 2.75) is 25.8 Å². The molecule has 0 radical (unpaired) electrons. The average molecular weight is 384 g/mol. The van der Waals surface area contributed by atoms with Gasteiger partial charge in [-0.15, -0.1) is 0 Å². The number of nitrogens with zero attached hydrogens (tertiary/aromatic N) is 1. The molecule has 2 nitrogen and oxygen atoms in total. The fraction of sp³-hybridized carbons (Fsp3) is 0.312. The van der Waals surface area contributed by atoms with Gasteiger partial charge in [0.05, 0.1) is 0 Å². The lowest BCUT2D eigenvalue weighted by Crippen LogP contribution is -2.26. The zero-order chi connectivity index (χ0) is 14.5. The molecule has 0 saturated carbocycles. The van der Waals surface area contributed by atoms with Crippen LogP contribution in [0.4, 0.5) is 4.39 Å². The summed E-state index contributed by atoms with van der Waals surface area (Å²) in [5.74, 6) is 0.0990. The Kier molecular flexibility index (Phi) is 5.48. The monoisotopic (exact) mass is 384 g/mol.